The van der Waals surface area contributed by atoms with Gasteiger partial charge in [-0.25, -0.2) is 16.8 Å². The van der Waals surface area contributed by atoms with Gasteiger partial charge >= 0.3 is 0 Å². The molecule has 6 nitrogen and oxygen atoms in total. The van der Waals surface area contributed by atoms with Crippen LogP contribution in [0.4, 0.5) is 5.69 Å². The first-order chi connectivity index (χ1) is 14.1. The zero-order valence-electron chi connectivity index (χ0n) is 16.0. The molecule has 0 bridgehead atoms. The lowest BCUT2D eigenvalue weighted by Gasteiger charge is -2.28. The number of hydrogen-bond donors (Lipinski definition) is 1. The minimum Gasteiger partial charge on any atom is -0.279 e. The van der Waals surface area contributed by atoms with Gasteiger partial charge in [0.25, 0.3) is 10.0 Å². The van der Waals surface area contributed by atoms with E-state index in [4.69, 9.17) is 11.6 Å². The highest BCUT2D eigenvalue weighted by Crippen LogP contribution is 2.29. The van der Waals surface area contributed by atoms with Crippen LogP contribution in [-0.2, 0) is 33.0 Å². The average molecular weight is 483 g/mol. The van der Waals surface area contributed by atoms with Crippen molar-refractivity contribution in [3.05, 3.63) is 75.6 Å². The Balaban J connectivity index is 1.58. The smallest absolute Gasteiger partial charge is 0.271 e. The van der Waals surface area contributed by atoms with Gasteiger partial charge in [-0.05, 0) is 73.0 Å². The molecular formula is C20H19ClN2O4S3. The number of aryl methyl sites for hydroxylation is 1. The van der Waals surface area contributed by atoms with Gasteiger partial charge in [0, 0.05) is 28.7 Å². The second-order valence-electron chi connectivity index (χ2n) is 7.00. The average Bonchev–Trinajstić information content (AvgIpc) is 3.15. The molecule has 0 saturated carbocycles. The minimum atomic E-state index is -3.68. The zero-order valence-corrected chi connectivity index (χ0v) is 19.2. The summed E-state index contributed by atoms with van der Waals surface area (Å²) in [5.41, 5.74) is 2.19. The fourth-order valence-corrected chi connectivity index (χ4v) is 7.20. The van der Waals surface area contributed by atoms with Crippen molar-refractivity contribution in [1.29, 1.82) is 0 Å². The lowest BCUT2D eigenvalue weighted by molar-refractivity contribution is 0.391. The van der Waals surface area contributed by atoms with Crippen LogP contribution in [0.5, 0.6) is 0 Å². The maximum absolute atomic E-state index is 13.0. The maximum Gasteiger partial charge on any atom is 0.271 e. The van der Waals surface area contributed by atoms with Crippen molar-refractivity contribution in [2.24, 2.45) is 0 Å². The summed E-state index contributed by atoms with van der Waals surface area (Å²) in [6.45, 7) is 2.38. The van der Waals surface area contributed by atoms with Gasteiger partial charge in [-0.3, -0.25) is 4.72 Å². The van der Waals surface area contributed by atoms with Crippen molar-refractivity contribution >= 4 is 48.7 Å². The molecule has 10 heteroatoms. The summed E-state index contributed by atoms with van der Waals surface area (Å²) in [5.74, 6) is 0. The van der Waals surface area contributed by atoms with Crippen LogP contribution in [0.3, 0.4) is 0 Å². The molecule has 1 aromatic heterocycles. The highest BCUT2D eigenvalue weighted by Gasteiger charge is 2.28. The van der Waals surface area contributed by atoms with E-state index in [1.54, 1.807) is 36.4 Å². The molecule has 0 spiro atoms. The van der Waals surface area contributed by atoms with Gasteiger partial charge in [-0.1, -0.05) is 17.7 Å². The molecule has 0 atom stereocenters. The van der Waals surface area contributed by atoms with E-state index in [0.29, 0.717) is 23.7 Å². The highest BCUT2D eigenvalue weighted by molar-refractivity contribution is 7.94. The van der Waals surface area contributed by atoms with Crippen LogP contribution in [-0.4, -0.2) is 27.7 Å². The number of anilines is 1. The summed E-state index contributed by atoms with van der Waals surface area (Å²) in [6.07, 6.45) is 0.555. The van der Waals surface area contributed by atoms with E-state index in [2.05, 4.69) is 4.72 Å². The van der Waals surface area contributed by atoms with E-state index in [1.165, 1.54) is 27.8 Å². The van der Waals surface area contributed by atoms with Crippen LogP contribution < -0.4 is 4.72 Å². The fraction of sp³-hybridized carbons (Fsp3) is 0.200. The van der Waals surface area contributed by atoms with Gasteiger partial charge in [0.1, 0.15) is 4.21 Å². The van der Waals surface area contributed by atoms with E-state index < -0.39 is 20.0 Å². The molecular weight excluding hydrogens is 464 g/mol. The van der Waals surface area contributed by atoms with Gasteiger partial charge in [-0.2, -0.15) is 4.31 Å². The van der Waals surface area contributed by atoms with Gasteiger partial charge in [0.15, 0.2) is 0 Å². The Hall–Kier alpha value is -1.91. The van der Waals surface area contributed by atoms with Crippen molar-refractivity contribution in [2.75, 3.05) is 11.3 Å². The Kier molecular flexibility index (Phi) is 5.67. The molecule has 1 aliphatic rings. The number of nitrogens with one attached hydrogen (secondary N) is 1. The second kappa shape index (κ2) is 7.97. The van der Waals surface area contributed by atoms with Crippen LogP contribution >= 0.6 is 22.9 Å². The van der Waals surface area contributed by atoms with Crippen molar-refractivity contribution in [2.45, 2.75) is 29.0 Å². The van der Waals surface area contributed by atoms with E-state index >= 15 is 0 Å². The SMILES string of the molecule is Cc1ccc(S(=O)(=O)Nc2ccc3c(c2)CN(S(=O)(=O)c2ccc(Cl)cc2)CC3)s1. The number of rotatable bonds is 5. The topological polar surface area (TPSA) is 83.6 Å². The van der Waals surface area contributed by atoms with Gasteiger partial charge < -0.3 is 0 Å². The van der Waals surface area contributed by atoms with Crippen LogP contribution in [0.25, 0.3) is 0 Å². The quantitative estimate of drug-likeness (QED) is 0.589. The Morgan fingerprint density at radius 2 is 1.70 bits per heavy atom. The molecule has 0 saturated heterocycles. The molecule has 0 fully saturated rings. The Morgan fingerprint density at radius 1 is 0.967 bits per heavy atom. The predicted octanol–water partition coefficient (Wildman–Crippen LogP) is 4.26. The van der Waals surface area contributed by atoms with Gasteiger partial charge in [0.05, 0.1) is 4.90 Å². The molecule has 158 valence electrons. The van der Waals surface area contributed by atoms with Crippen LogP contribution in [0.15, 0.2) is 63.7 Å². The second-order valence-corrected chi connectivity index (χ2v) is 12.6. The number of sulfonamides is 2. The number of halogens is 1. The van der Waals surface area contributed by atoms with Crippen molar-refractivity contribution in [3.8, 4) is 0 Å². The monoisotopic (exact) mass is 482 g/mol. The van der Waals surface area contributed by atoms with E-state index in [1.807, 2.05) is 13.0 Å². The summed E-state index contributed by atoms with van der Waals surface area (Å²) in [7, 11) is -7.36. The summed E-state index contributed by atoms with van der Waals surface area (Å²) < 4.78 is 55.4. The summed E-state index contributed by atoms with van der Waals surface area (Å²) in [4.78, 5) is 1.09. The summed E-state index contributed by atoms with van der Waals surface area (Å²) >= 11 is 7.06. The number of benzene rings is 2. The summed E-state index contributed by atoms with van der Waals surface area (Å²) in [5, 5.41) is 0.468. The Bertz CT molecular complexity index is 1300. The number of nitrogens with zero attached hydrogens (tertiary/aromatic N) is 1. The van der Waals surface area contributed by atoms with E-state index in [9.17, 15) is 16.8 Å². The molecule has 0 unspecified atom stereocenters. The summed E-state index contributed by atoms with van der Waals surface area (Å²) in [6, 6.07) is 14.7. The number of hydrogen-bond acceptors (Lipinski definition) is 5. The number of fused-ring (bicyclic) bond motifs is 1. The first kappa shape index (κ1) is 21.3. The van der Waals surface area contributed by atoms with Crippen LogP contribution in [0.1, 0.15) is 16.0 Å². The molecule has 0 radical (unpaired) electrons. The van der Waals surface area contributed by atoms with E-state index in [0.717, 1.165) is 16.0 Å². The fourth-order valence-electron chi connectivity index (χ4n) is 3.32. The molecule has 1 N–H and O–H groups in total. The lowest BCUT2D eigenvalue weighted by atomic mass is 10.0. The molecule has 4 rings (SSSR count). The molecule has 0 amide bonds. The minimum absolute atomic E-state index is 0.175. The Labute approximate surface area is 185 Å². The largest absolute Gasteiger partial charge is 0.279 e. The lowest BCUT2D eigenvalue weighted by Crippen LogP contribution is -2.36. The van der Waals surface area contributed by atoms with Crippen LogP contribution in [0, 0.1) is 6.92 Å². The predicted molar refractivity (Wildman–Crippen MR) is 119 cm³/mol. The first-order valence-electron chi connectivity index (χ1n) is 9.12. The Morgan fingerprint density at radius 3 is 2.37 bits per heavy atom. The zero-order chi connectivity index (χ0) is 21.5. The third kappa shape index (κ3) is 4.26. The van der Waals surface area contributed by atoms with Crippen molar-refractivity contribution in [3.63, 3.8) is 0 Å². The third-order valence-corrected chi connectivity index (χ3v) is 9.85. The maximum atomic E-state index is 13.0. The van der Waals surface area contributed by atoms with Gasteiger partial charge in [0.2, 0.25) is 10.0 Å². The molecule has 3 aromatic rings. The standard InChI is InChI=1S/C20H19ClN2O4S3/c1-14-2-9-20(28-14)29(24,25)22-18-6-3-15-10-11-23(13-16(15)12-18)30(26,27)19-7-4-17(21)5-8-19/h2-9,12,22H,10-11,13H2,1H3. The van der Waals surface area contributed by atoms with Crippen molar-refractivity contribution in [1.82, 2.24) is 4.31 Å². The molecule has 1 aliphatic heterocycles. The molecule has 2 aromatic carbocycles. The molecule has 2 heterocycles. The number of thiophene rings is 1. The van der Waals surface area contributed by atoms with E-state index in [-0.39, 0.29) is 15.6 Å². The van der Waals surface area contributed by atoms with Crippen LogP contribution in [0.2, 0.25) is 5.02 Å². The normalized spacial score (nSPS) is 15.0. The van der Waals surface area contributed by atoms with Gasteiger partial charge in [-0.15, -0.1) is 11.3 Å². The molecule has 0 aliphatic carbocycles. The highest BCUT2D eigenvalue weighted by atomic mass is 35.5. The molecule has 30 heavy (non-hydrogen) atoms. The van der Waals surface area contributed by atoms with Crippen molar-refractivity contribution < 1.29 is 16.8 Å². The first-order valence-corrected chi connectivity index (χ1v) is 13.2. The third-order valence-electron chi connectivity index (χ3n) is 4.87.